The summed E-state index contributed by atoms with van der Waals surface area (Å²) in [5.41, 5.74) is 1.81. The van der Waals surface area contributed by atoms with Crippen molar-refractivity contribution >= 4 is 23.2 Å². The van der Waals surface area contributed by atoms with Crippen LogP contribution in [0.1, 0.15) is 63.1 Å². The topological polar surface area (TPSA) is 91.0 Å². The quantitative estimate of drug-likeness (QED) is 0.557. The number of aryl methyl sites for hydroxylation is 1. The molecule has 0 spiro atoms. The molecule has 3 aromatic rings. The summed E-state index contributed by atoms with van der Waals surface area (Å²) in [6, 6.07) is 14.1. The maximum atomic E-state index is 13.0. The molecule has 2 aliphatic rings. The number of benzene rings is 1. The summed E-state index contributed by atoms with van der Waals surface area (Å²) in [6.07, 6.45) is 4.34. The molecule has 2 aromatic heterocycles. The summed E-state index contributed by atoms with van der Waals surface area (Å²) in [5, 5.41) is 13.9. The van der Waals surface area contributed by atoms with Crippen LogP contribution in [0.4, 0.5) is 5.69 Å². The van der Waals surface area contributed by atoms with Crippen molar-refractivity contribution in [2.24, 2.45) is 11.3 Å². The molecule has 194 valence electrons. The first-order valence-electron chi connectivity index (χ1n) is 12.9. The fourth-order valence-corrected chi connectivity index (χ4v) is 4.68. The molecule has 8 heteroatoms. The lowest BCUT2D eigenvalue weighted by molar-refractivity contribution is -0.150. The lowest BCUT2D eigenvalue weighted by Gasteiger charge is -2.36. The van der Waals surface area contributed by atoms with Crippen LogP contribution in [-0.2, 0) is 4.79 Å². The SMILES string of the molecule is CC.Cc1cc(N2CCC(C)C2)cn2nc(C(=O)N3CCCC(C)(C(=O)O)C3)nc12.c1ccccc1. The summed E-state index contributed by atoms with van der Waals surface area (Å²) < 4.78 is 1.68. The van der Waals surface area contributed by atoms with Gasteiger partial charge in [-0.05, 0) is 50.7 Å². The van der Waals surface area contributed by atoms with E-state index in [1.165, 1.54) is 6.42 Å². The number of aromatic nitrogens is 3. The zero-order valence-corrected chi connectivity index (χ0v) is 22.1. The number of anilines is 1. The largest absolute Gasteiger partial charge is 0.481 e. The van der Waals surface area contributed by atoms with Crippen molar-refractivity contribution in [1.29, 1.82) is 0 Å². The first-order chi connectivity index (χ1) is 17.3. The van der Waals surface area contributed by atoms with Gasteiger partial charge in [-0.15, -0.1) is 5.10 Å². The maximum absolute atomic E-state index is 13.0. The Bertz CT molecular complexity index is 1140. The van der Waals surface area contributed by atoms with Gasteiger partial charge in [0, 0.05) is 26.2 Å². The van der Waals surface area contributed by atoms with E-state index in [1.54, 1.807) is 16.3 Å². The Labute approximate surface area is 213 Å². The Morgan fingerprint density at radius 3 is 2.28 bits per heavy atom. The average Bonchev–Trinajstić information content (AvgIpc) is 3.53. The first kappa shape index (κ1) is 27.2. The number of amides is 1. The van der Waals surface area contributed by atoms with E-state index in [0.717, 1.165) is 24.3 Å². The fraction of sp³-hybridized carbons (Fsp3) is 0.500. The van der Waals surface area contributed by atoms with Gasteiger partial charge in [0.15, 0.2) is 5.65 Å². The molecule has 2 unspecified atom stereocenters. The third kappa shape index (κ3) is 6.22. The number of carboxylic acids is 1. The number of carbonyl (C=O) groups excluding carboxylic acids is 1. The van der Waals surface area contributed by atoms with Gasteiger partial charge in [0.05, 0.1) is 17.3 Å². The van der Waals surface area contributed by atoms with Crippen LogP contribution in [0.2, 0.25) is 0 Å². The monoisotopic (exact) mass is 493 g/mol. The van der Waals surface area contributed by atoms with Crippen LogP contribution < -0.4 is 4.90 Å². The first-order valence-corrected chi connectivity index (χ1v) is 12.9. The number of carbonyl (C=O) groups is 2. The van der Waals surface area contributed by atoms with E-state index in [4.69, 9.17) is 0 Å². The molecule has 0 saturated carbocycles. The molecule has 2 saturated heterocycles. The van der Waals surface area contributed by atoms with Gasteiger partial charge >= 0.3 is 5.97 Å². The van der Waals surface area contributed by atoms with E-state index >= 15 is 0 Å². The van der Waals surface area contributed by atoms with E-state index in [1.807, 2.05) is 63.4 Å². The predicted molar refractivity (Wildman–Crippen MR) is 142 cm³/mol. The highest BCUT2D eigenvalue weighted by atomic mass is 16.4. The maximum Gasteiger partial charge on any atom is 0.311 e. The molecule has 0 radical (unpaired) electrons. The highest BCUT2D eigenvalue weighted by Crippen LogP contribution is 2.30. The van der Waals surface area contributed by atoms with E-state index in [0.29, 0.717) is 31.0 Å². The van der Waals surface area contributed by atoms with E-state index < -0.39 is 11.4 Å². The molecule has 36 heavy (non-hydrogen) atoms. The number of hydrogen-bond donors (Lipinski definition) is 1. The van der Waals surface area contributed by atoms with Gasteiger partial charge in [0.2, 0.25) is 5.82 Å². The molecule has 5 rings (SSSR count). The summed E-state index contributed by atoms with van der Waals surface area (Å²) in [6.45, 7) is 12.7. The van der Waals surface area contributed by atoms with E-state index in [-0.39, 0.29) is 18.3 Å². The minimum absolute atomic E-state index is 0.129. The van der Waals surface area contributed by atoms with Crippen molar-refractivity contribution in [3.05, 3.63) is 60.0 Å². The Hall–Kier alpha value is -3.42. The van der Waals surface area contributed by atoms with Crippen molar-refractivity contribution in [1.82, 2.24) is 19.5 Å². The summed E-state index contributed by atoms with van der Waals surface area (Å²) in [5.74, 6) is -0.365. The van der Waals surface area contributed by atoms with E-state index in [2.05, 4.69) is 28.0 Å². The van der Waals surface area contributed by atoms with Crippen molar-refractivity contribution in [3.63, 3.8) is 0 Å². The van der Waals surface area contributed by atoms with Crippen molar-refractivity contribution in [3.8, 4) is 0 Å². The second kappa shape index (κ2) is 12.0. The van der Waals surface area contributed by atoms with Gasteiger partial charge in [0.25, 0.3) is 5.91 Å². The van der Waals surface area contributed by atoms with Crippen molar-refractivity contribution in [2.75, 3.05) is 31.1 Å². The normalized spacial score (nSPS) is 21.3. The molecule has 1 N–H and O–H groups in total. The minimum atomic E-state index is -0.914. The molecule has 0 bridgehead atoms. The molecule has 2 fully saturated rings. The zero-order valence-electron chi connectivity index (χ0n) is 22.1. The molecule has 2 atom stereocenters. The third-order valence-corrected chi connectivity index (χ3v) is 6.75. The van der Waals surface area contributed by atoms with Gasteiger partial charge in [-0.3, -0.25) is 9.59 Å². The Kier molecular flexibility index (Phi) is 9.07. The fourth-order valence-electron chi connectivity index (χ4n) is 4.68. The smallest absolute Gasteiger partial charge is 0.311 e. The van der Waals surface area contributed by atoms with Gasteiger partial charge in [-0.2, -0.15) is 0 Å². The third-order valence-electron chi connectivity index (χ3n) is 6.75. The zero-order chi connectivity index (χ0) is 26.3. The lowest BCUT2D eigenvalue weighted by Crippen LogP contribution is -2.48. The van der Waals surface area contributed by atoms with Gasteiger partial charge in [-0.25, -0.2) is 9.50 Å². The Morgan fingerprint density at radius 1 is 1.08 bits per heavy atom. The Morgan fingerprint density at radius 2 is 1.72 bits per heavy atom. The number of rotatable bonds is 3. The second-order valence-corrected chi connectivity index (χ2v) is 9.78. The molecule has 0 aliphatic carbocycles. The van der Waals surface area contributed by atoms with Crippen LogP contribution in [0.25, 0.3) is 5.65 Å². The number of aliphatic carboxylic acids is 1. The van der Waals surface area contributed by atoms with Crippen molar-refractivity contribution < 1.29 is 14.7 Å². The van der Waals surface area contributed by atoms with Gasteiger partial charge in [-0.1, -0.05) is 57.2 Å². The van der Waals surface area contributed by atoms with Gasteiger partial charge < -0.3 is 14.9 Å². The molecule has 2 aliphatic heterocycles. The van der Waals surface area contributed by atoms with Crippen LogP contribution in [-0.4, -0.2) is 62.7 Å². The average molecular weight is 494 g/mol. The van der Waals surface area contributed by atoms with Crippen LogP contribution in [0, 0.1) is 18.3 Å². The molecule has 4 heterocycles. The molecule has 1 amide bonds. The molecular weight excluding hydrogens is 454 g/mol. The highest BCUT2D eigenvalue weighted by Gasteiger charge is 2.40. The van der Waals surface area contributed by atoms with Gasteiger partial charge in [0.1, 0.15) is 0 Å². The Balaban J connectivity index is 0.000000390. The summed E-state index contributed by atoms with van der Waals surface area (Å²) in [4.78, 5) is 32.9. The van der Waals surface area contributed by atoms with Crippen molar-refractivity contribution in [2.45, 2.75) is 53.9 Å². The number of hydrogen-bond acceptors (Lipinski definition) is 5. The lowest BCUT2D eigenvalue weighted by atomic mass is 9.82. The predicted octanol–water partition coefficient (Wildman–Crippen LogP) is 4.92. The minimum Gasteiger partial charge on any atom is -0.481 e. The number of likely N-dealkylation sites (tertiary alicyclic amines) is 1. The number of nitrogens with zero attached hydrogens (tertiary/aromatic N) is 5. The summed E-state index contributed by atoms with van der Waals surface area (Å²) in [7, 11) is 0. The van der Waals surface area contributed by atoms with Crippen LogP contribution in [0.5, 0.6) is 0 Å². The van der Waals surface area contributed by atoms with E-state index in [9.17, 15) is 14.7 Å². The number of piperidine rings is 1. The molecule has 8 nitrogen and oxygen atoms in total. The van der Waals surface area contributed by atoms with Crippen LogP contribution in [0.15, 0.2) is 48.7 Å². The highest BCUT2D eigenvalue weighted by molar-refractivity contribution is 5.91. The van der Waals surface area contributed by atoms with Crippen LogP contribution in [0.3, 0.4) is 0 Å². The standard InChI is InChI=1S/C20H27N5O3.C6H6.C2H6/c1-13-5-8-23(10-13)15-9-14(2)17-21-16(22-25(17)11-15)18(26)24-7-4-6-20(3,12-24)19(27)28;1-2-4-6-5-3-1;1-2/h9,11,13H,4-8,10,12H2,1-3H3,(H,27,28);1-6H;1-2H3. The molecular formula is C28H39N5O3. The number of fused-ring (bicyclic) bond motifs is 1. The second-order valence-electron chi connectivity index (χ2n) is 9.78. The summed E-state index contributed by atoms with van der Waals surface area (Å²) >= 11 is 0. The molecule has 1 aromatic carbocycles. The number of carboxylic acid groups (broad SMARTS) is 1. The van der Waals surface area contributed by atoms with Crippen LogP contribution >= 0.6 is 0 Å². The number of pyridine rings is 1.